The van der Waals surface area contributed by atoms with Crippen LogP contribution in [0.3, 0.4) is 0 Å². The molecule has 5 nitrogen and oxygen atoms in total. The molecule has 5 atom stereocenters. The van der Waals surface area contributed by atoms with E-state index in [2.05, 4.69) is 0 Å². The fourth-order valence-corrected chi connectivity index (χ4v) is 5.44. The Morgan fingerprint density at radius 2 is 1.72 bits per heavy atom. The molecule has 0 heterocycles. The van der Waals surface area contributed by atoms with Crippen molar-refractivity contribution in [3.8, 4) is 0 Å². The van der Waals surface area contributed by atoms with Crippen molar-refractivity contribution >= 4 is 21.7 Å². The molecule has 3 fully saturated rings. The fourth-order valence-electron chi connectivity index (χ4n) is 4.33. The third-order valence-electron chi connectivity index (χ3n) is 5.00. The van der Waals surface area contributed by atoms with Crippen LogP contribution in [0.5, 0.6) is 0 Å². The summed E-state index contributed by atoms with van der Waals surface area (Å²) in [6.45, 7) is 0. The zero-order chi connectivity index (χ0) is 13.1. The van der Waals surface area contributed by atoms with Gasteiger partial charge < -0.3 is 0 Å². The maximum absolute atomic E-state index is 12.0. The first-order valence-electron chi connectivity index (χ1n) is 6.45. The molecule has 0 aromatic heterocycles. The van der Waals surface area contributed by atoms with Gasteiger partial charge in [0.2, 0.25) is 11.6 Å². The van der Waals surface area contributed by atoms with Crippen molar-refractivity contribution in [3.63, 3.8) is 0 Å². The van der Waals surface area contributed by atoms with Crippen molar-refractivity contribution in [2.75, 3.05) is 0 Å². The van der Waals surface area contributed by atoms with Crippen LogP contribution in [0.15, 0.2) is 0 Å². The van der Waals surface area contributed by atoms with Crippen LogP contribution in [-0.4, -0.2) is 29.8 Å². The predicted octanol–water partition coefficient (Wildman–Crippen LogP) is 0.837. The van der Waals surface area contributed by atoms with Gasteiger partial charge in [0.15, 0.2) is 0 Å². The van der Waals surface area contributed by atoms with Crippen molar-refractivity contribution in [1.82, 2.24) is 0 Å². The third kappa shape index (κ3) is 1.58. The average molecular weight is 272 g/mol. The van der Waals surface area contributed by atoms with Gasteiger partial charge >= 0.3 is 0 Å². The molecule has 0 radical (unpaired) electrons. The molecule has 100 valence electrons. The predicted molar refractivity (Wildman–Crippen MR) is 62.4 cm³/mol. The van der Waals surface area contributed by atoms with Crippen molar-refractivity contribution in [2.45, 2.75) is 37.4 Å². The zero-order valence-electron chi connectivity index (χ0n) is 9.91. The van der Waals surface area contributed by atoms with Gasteiger partial charge in [-0.25, -0.2) is 0 Å². The molecule has 3 rings (SSSR count). The number of carbonyl (C=O) groups excluding carboxylic acids is 2. The van der Waals surface area contributed by atoms with Crippen LogP contribution in [0.25, 0.3) is 0 Å². The van der Waals surface area contributed by atoms with Gasteiger partial charge in [-0.1, -0.05) is 12.8 Å². The molecule has 3 aliphatic rings. The van der Waals surface area contributed by atoms with Crippen LogP contribution >= 0.6 is 0 Å². The van der Waals surface area contributed by atoms with Crippen LogP contribution < -0.4 is 0 Å². The lowest BCUT2D eigenvalue weighted by Gasteiger charge is -2.41. The Kier molecular flexibility index (Phi) is 2.64. The second-order valence-corrected chi connectivity index (χ2v) is 7.40. The van der Waals surface area contributed by atoms with Crippen molar-refractivity contribution < 1.29 is 22.6 Å². The van der Waals surface area contributed by atoms with E-state index >= 15 is 0 Å². The maximum Gasteiger partial charge on any atom is 0.268 e. The normalized spacial score (nSPS) is 43.9. The van der Waals surface area contributed by atoms with E-state index in [1.54, 1.807) is 0 Å². The van der Waals surface area contributed by atoms with Crippen LogP contribution in [0, 0.1) is 23.7 Å². The van der Waals surface area contributed by atoms with E-state index in [0.717, 1.165) is 12.8 Å². The minimum absolute atomic E-state index is 0.139. The Hall–Kier alpha value is -0.750. The highest BCUT2D eigenvalue weighted by Crippen LogP contribution is 2.52. The van der Waals surface area contributed by atoms with E-state index in [9.17, 15) is 22.6 Å². The Balaban J connectivity index is 2.04. The van der Waals surface area contributed by atoms with Gasteiger partial charge in [-0.05, 0) is 31.1 Å². The lowest BCUT2D eigenvalue weighted by molar-refractivity contribution is -0.137. The molecule has 3 aliphatic carbocycles. The van der Waals surface area contributed by atoms with E-state index in [-0.39, 0.29) is 17.8 Å². The van der Waals surface area contributed by atoms with Crippen molar-refractivity contribution in [3.05, 3.63) is 0 Å². The van der Waals surface area contributed by atoms with E-state index in [4.69, 9.17) is 0 Å². The van der Waals surface area contributed by atoms with Gasteiger partial charge in [0.1, 0.15) is 0 Å². The maximum atomic E-state index is 12.0. The van der Waals surface area contributed by atoms with E-state index in [1.807, 2.05) is 0 Å². The summed E-state index contributed by atoms with van der Waals surface area (Å²) in [5, 5.41) is -1.06. The smallest absolute Gasteiger partial charge is 0.268 e. The fraction of sp³-hybridized carbons (Fsp3) is 0.833. The van der Waals surface area contributed by atoms with Crippen LogP contribution in [0.2, 0.25) is 0 Å². The van der Waals surface area contributed by atoms with Crippen molar-refractivity contribution in [2.24, 2.45) is 23.7 Å². The second kappa shape index (κ2) is 3.87. The number of ketones is 2. The zero-order valence-corrected chi connectivity index (χ0v) is 10.7. The number of rotatable bonds is 1. The van der Waals surface area contributed by atoms with Crippen LogP contribution in [0.4, 0.5) is 0 Å². The minimum atomic E-state index is -4.24. The van der Waals surface area contributed by atoms with Crippen molar-refractivity contribution in [1.29, 1.82) is 0 Å². The highest BCUT2D eigenvalue weighted by molar-refractivity contribution is 7.86. The highest BCUT2D eigenvalue weighted by Gasteiger charge is 2.59. The van der Waals surface area contributed by atoms with E-state index in [1.165, 1.54) is 0 Å². The van der Waals surface area contributed by atoms with Gasteiger partial charge in [-0.3, -0.25) is 14.1 Å². The summed E-state index contributed by atoms with van der Waals surface area (Å²) >= 11 is 0. The molecule has 0 aromatic carbocycles. The first kappa shape index (κ1) is 12.3. The molecule has 5 unspecified atom stereocenters. The van der Waals surface area contributed by atoms with Gasteiger partial charge in [0, 0.05) is 11.8 Å². The first-order chi connectivity index (χ1) is 8.41. The molecule has 0 saturated heterocycles. The summed E-state index contributed by atoms with van der Waals surface area (Å²) in [5.74, 6) is -1.88. The Morgan fingerprint density at radius 1 is 1.00 bits per heavy atom. The minimum Gasteiger partial charge on any atom is -0.291 e. The van der Waals surface area contributed by atoms with Gasteiger partial charge in [-0.15, -0.1) is 0 Å². The molecule has 1 N–H and O–H groups in total. The number of Topliss-reactive ketones (excluding diaryl/α,β-unsaturated/α-hetero) is 2. The lowest BCUT2D eigenvalue weighted by atomic mass is 9.64. The molecule has 0 bridgehead atoms. The standard InChI is InChI=1S/C12H16O5S/c13-11-7-3-1-2-6-4-5-8(18(15,16)17)10(9(6)7)12(11)14/h6-10H,1-5H2,(H,15,16,17). The quantitative estimate of drug-likeness (QED) is 0.564. The van der Waals surface area contributed by atoms with Gasteiger partial charge in [0.25, 0.3) is 10.1 Å². The van der Waals surface area contributed by atoms with Gasteiger partial charge in [0.05, 0.1) is 5.25 Å². The van der Waals surface area contributed by atoms with E-state index in [0.29, 0.717) is 19.3 Å². The molecule has 6 heteroatoms. The molecule has 18 heavy (non-hydrogen) atoms. The molecule has 0 aromatic rings. The summed E-state index contributed by atoms with van der Waals surface area (Å²) < 4.78 is 32.1. The molecular formula is C12H16O5S. The molecule has 0 spiro atoms. The second-order valence-electron chi connectivity index (χ2n) is 5.76. The first-order valence-corrected chi connectivity index (χ1v) is 7.96. The summed E-state index contributed by atoms with van der Waals surface area (Å²) in [7, 11) is -4.24. The summed E-state index contributed by atoms with van der Waals surface area (Å²) in [4.78, 5) is 23.9. The SMILES string of the molecule is O=C1C(=O)C2C3C(CCCC13)CCC2S(=O)(=O)O. The van der Waals surface area contributed by atoms with Crippen LogP contribution in [0.1, 0.15) is 32.1 Å². The molecule has 3 saturated carbocycles. The summed E-state index contributed by atoms with van der Waals surface area (Å²) in [6.07, 6.45) is 3.60. The Bertz CT molecular complexity index is 509. The van der Waals surface area contributed by atoms with Crippen LogP contribution in [-0.2, 0) is 19.7 Å². The Morgan fingerprint density at radius 3 is 2.39 bits per heavy atom. The van der Waals surface area contributed by atoms with Gasteiger partial charge in [-0.2, -0.15) is 8.42 Å². The largest absolute Gasteiger partial charge is 0.291 e. The third-order valence-corrected chi connectivity index (χ3v) is 6.30. The molecular weight excluding hydrogens is 256 g/mol. The number of hydrogen-bond donors (Lipinski definition) is 1. The monoisotopic (exact) mass is 272 g/mol. The molecule has 0 aliphatic heterocycles. The average Bonchev–Trinajstić information content (AvgIpc) is 2.56. The summed E-state index contributed by atoms with van der Waals surface area (Å²) in [5.41, 5.74) is 0. The lowest BCUT2D eigenvalue weighted by Crippen LogP contribution is -2.44. The number of hydrogen-bond acceptors (Lipinski definition) is 4. The molecule has 0 amide bonds. The summed E-state index contributed by atoms with van der Waals surface area (Å²) in [6, 6.07) is 0. The van der Waals surface area contributed by atoms with E-state index < -0.39 is 32.9 Å². The number of carbonyl (C=O) groups is 2. The highest BCUT2D eigenvalue weighted by atomic mass is 32.2. The Labute approximate surface area is 106 Å². The topological polar surface area (TPSA) is 88.5 Å².